The third-order valence-corrected chi connectivity index (χ3v) is 0. The molecular weight excluding hydrogens is 951 g/mol. The smallest absolute Gasteiger partial charge is 0.822 e. The second-order valence-corrected chi connectivity index (χ2v) is 4.02. The summed E-state index contributed by atoms with van der Waals surface area (Å²) in [5, 5.41) is 0. The first kappa shape index (κ1) is 43.5. The summed E-state index contributed by atoms with van der Waals surface area (Å²) in [6.07, 6.45) is 0. The molecule has 0 N–H and O–H groups in total. The van der Waals surface area contributed by atoms with Crippen molar-refractivity contribution < 1.29 is 83.6 Å². The first-order chi connectivity index (χ1) is 6.00. The molecule has 0 aromatic rings. The van der Waals surface area contributed by atoms with Crippen LogP contribution in [0.15, 0.2) is 0 Å². The van der Waals surface area contributed by atoms with Crippen molar-refractivity contribution in [2.24, 2.45) is 0 Å². The molecule has 12 nitrogen and oxygen atoms in total. The van der Waals surface area contributed by atoms with Crippen LogP contribution in [-0.2, 0) is 39.5 Å². The summed E-state index contributed by atoms with van der Waals surface area (Å²) in [7, 11) is -16.2. The third kappa shape index (κ3) is 557. The molecule has 0 spiro atoms. The first-order valence-electron chi connectivity index (χ1n) is 2.19. The SMILES string of the molecule is O=P([O-])([O-])[O-].O=P([O-])([O-])[O-].O=P([O-])([O-])[O-].[Pb+2].[Pb+2].[Pb+2].[Sc+3]. The van der Waals surface area contributed by atoms with Crippen LogP contribution in [0.3, 0.4) is 0 Å². The van der Waals surface area contributed by atoms with Crippen LogP contribution in [0.4, 0.5) is 0 Å². The topological polar surface area (TPSA) is 259 Å². The van der Waals surface area contributed by atoms with Gasteiger partial charge in [-0.05, 0) is 0 Å². The normalized spacial score (nSPS) is 9.32. The van der Waals surface area contributed by atoms with Gasteiger partial charge in [-0.15, -0.1) is 0 Å². The molecule has 0 rings (SSSR count). The molecule has 19 heteroatoms. The van der Waals surface area contributed by atoms with Crippen LogP contribution in [0.5, 0.6) is 0 Å². The summed E-state index contributed by atoms with van der Waals surface area (Å²) in [4.78, 5) is 76.9. The zero-order chi connectivity index (χ0) is 13.5. The predicted molar refractivity (Wildman–Crippen MR) is 40.1 cm³/mol. The molecule has 0 atom stereocenters. The molecule has 6 radical (unpaired) electrons. The molecule has 0 saturated carbocycles. The van der Waals surface area contributed by atoms with E-state index >= 15 is 0 Å². The molecule has 0 aliphatic rings. The van der Waals surface area contributed by atoms with Crippen molar-refractivity contribution in [3.8, 4) is 0 Å². The Hall–Kier alpha value is 3.97. The average Bonchev–Trinajstić information content (AvgIpc) is 1.41. The van der Waals surface area contributed by atoms with E-state index in [-0.39, 0.29) is 108 Å². The van der Waals surface area contributed by atoms with Crippen LogP contribution in [0.25, 0.3) is 0 Å². The van der Waals surface area contributed by atoms with Crippen LogP contribution in [0, 0.1) is 0 Å². The number of hydrogen-bond donors (Lipinski definition) is 0. The van der Waals surface area contributed by atoms with Gasteiger partial charge in [-0.3, -0.25) is 0 Å². The van der Waals surface area contributed by atoms with Gasteiger partial charge >= 0.3 is 108 Å². The Labute approximate surface area is 186 Å². The first-order valence-corrected chi connectivity index (χ1v) is 6.57. The molecule has 0 unspecified atom stereocenters. The van der Waals surface area contributed by atoms with Gasteiger partial charge in [0.15, 0.2) is 0 Å². The summed E-state index contributed by atoms with van der Waals surface area (Å²) >= 11 is 0. The number of phosphoric acid groups is 3. The van der Waals surface area contributed by atoms with Gasteiger partial charge in [-0.25, -0.2) is 0 Å². The fraction of sp³-hybridized carbons (Fsp3) is 0. The monoisotopic (exact) mass is 954 g/mol. The van der Waals surface area contributed by atoms with Crippen molar-refractivity contribution in [2.45, 2.75) is 0 Å². The van der Waals surface area contributed by atoms with E-state index in [1.807, 2.05) is 0 Å². The predicted octanol–water partition coefficient (Wildman–Crippen LogP) is -9.62. The van der Waals surface area contributed by atoms with Crippen molar-refractivity contribution in [1.29, 1.82) is 0 Å². The maximum Gasteiger partial charge on any atom is 3.00 e. The third-order valence-electron chi connectivity index (χ3n) is 0. The van der Waals surface area contributed by atoms with E-state index in [9.17, 15) is 0 Å². The average molecular weight is 951 g/mol. The van der Waals surface area contributed by atoms with E-state index < -0.39 is 23.5 Å². The Morgan fingerprint density at radius 2 is 0.421 bits per heavy atom. The quantitative estimate of drug-likeness (QED) is 0.162. The van der Waals surface area contributed by atoms with Crippen molar-refractivity contribution in [3.05, 3.63) is 0 Å². The van der Waals surface area contributed by atoms with E-state index in [2.05, 4.69) is 0 Å². The van der Waals surface area contributed by atoms with Crippen LogP contribution in [-0.4, -0.2) is 81.9 Å². The number of hydrogen-bond acceptors (Lipinski definition) is 12. The minimum atomic E-state index is -5.39. The van der Waals surface area contributed by atoms with Gasteiger partial charge in [0, 0.05) is 0 Å². The fourth-order valence-corrected chi connectivity index (χ4v) is 0. The molecule has 19 heavy (non-hydrogen) atoms. The summed E-state index contributed by atoms with van der Waals surface area (Å²) in [6, 6.07) is 0. The maximum atomic E-state index is 8.55. The van der Waals surface area contributed by atoms with Gasteiger partial charge in [0.25, 0.3) is 0 Å². The van der Waals surface area contributed by atoms with Gasteiger partial charge in [-0.2, -0.15) is 23.5 Å². The molecule has 0 bridgehead atoms. The van der Waals surface area contributed by atoms with Gasteiger partial charge < -0.3 is 57.7 Å². The molecule has 0 fully saturated rings. The zero-order valence-corrected chi connectivity index (χ0v) is 24.5. The minimum Gasteiger partial charge on any atom is -0.822 e. The fourth-order valence-electron chi connectivity index (χ4n) is 0. The Morgan fingerprint density at radius 1 is 0.421 bits per heavy atom. The second kappa shape index (κ2) is 20.0. The Kier molecular flexibility index (Phi) is 45.8. The molecule has 0 aliphatic carbocycles. The molecule has 0 amide bonds. The largest absolute Gasteiger partial charge is 3.00 e. The van der Waals surface area contributed by atoms with Crippen molar-refractivity contribution in [2.75, 3.05) is 0 Å². The Balaban J connectivity index is -0.0000000206. The van der Waals surface area contributed by atoms with Gasteiger partial charge in [-0.1, -0.05) is 0 Å². The van der Waals surface area contributed by atoms with Crippen molar-refractivity contribution in [3.63, 3.8) is 0 Å². The standard InChI is InChI=1S/3H3O4P.3Pb.Sc/c3*1-5(2,3)4;;;;/h3*(H3,1,2,3,4);;;;/q;;;3*+2;+3/p-9. The molecule has 0 heterocycles. The Bertz CT molecular complexity index is 214. The molecule has 0 aromatic carbocycles. The summed E-state index contributed by atoms with van der Waals surface area (Å²) < 4.78 is 25.6. The molecule has 102 valence electrons. The second-order valence-electron chi connectivity index (χ2n) is 1.34. The van der Waals surface area contributed by atoms with Gasteiger partial charge in [0.1, 0.15) is 0 Å². The van der Waals surface area contributed by atoms with Crippen molar-refractivity contribution >= 4 is 105 Å². The van der Waals surface area contributed by atoms with E-state index in [4.69, 9.17) is 57.7 Å². The van der Waals surface area contributed by atoms with Crippen LogP contribution in [0.2, 0.25) is 0 Å². The van der Waals surface area contributed by atoms with Crippen molar-refractivity contribution in [1.82, 2.24) is 0 Å². The number of rotatable bonds is 0. The summed E-state index contributed by atoms with van der Waals surface area (Å²) in [6.45, 7) is 0. The van der Waals surface area contributed by atoms with Gasteiger partial charge in [0.05, 0.1) is 0 Å². The molecular formula is O12P3Pb3Sc. The van der Waals surface area contributed by atoms with E-state index in [1.165, 1.54) is 0 Å². The minimum absolute atomic E-state index is 0. The van der Waals surface area contributed by atoms with E-state index in [0.717, 1.165) is 0 Å². The summed E-state index contributed by atoms with van der Waals surface area (Å²) in [5.41, 5.74) is 0. The molecule has 0 aliphatic heterocycles. The molecule has 0 saturated heterocycles. The van der Waals surface area contributed by atoms with E-state index in [1.54, 1.807) is 0 Å². The van der Waals surface area contributed by atoms with Crippen LogP contribution >= 0.6 is 23.5 Å². The zero-order valence-electron chi connectivity index (χ0n) is 8.32. The van der Waals surface area contributed by atoms with Gasteiger partial charge in [0.2, 0.25) is 0 Å². The Morgan fingerprint density at radius 3 is 0.421 bits per heavy atom. The maximum absolute atomic E-state index is 8.55. The molecule has 0 aromatic heterocycles. The van der Waals surface area contributed by atoms with E-state index in [0.29, 0.717) is 0 Å². The van der Waals surface area contributed by atoms with Crippen LogP contribution in [0.1, 0.15) is 0 Å². The summed E-state index contributed by atoms with van der Waals surface area (Å²) in [5.74, 6) is 0. The van der Waals surface area contributed by atoms with Crippen LogP contribution < -0.4 is 44.0 Å².